The Hall–Kier alpha value is -1.01. The van der Waals surface area contributed by atoms with E-state index < -0.39 is 0 Å². The van der Waals surface area contributed by atoms with Gasteiger partial charge in [0, 0.05) is 5.38 Å². The summed E-state index contributed by atoms with van der Waals surface area (Å²) in [6.45, 7) is 3.79. The van der Waals surface area contributed by atoms with Crippen LogP contribution in [0.4, 0.5) is 0 Å². The molecule has 0 fully saturated rings. The van der Waals surface area contributed by atoms with Crippen LogP contribution in [0.5, 0.6) is 0 Å². The van der Waals surface area contributed by atoms with Crippen molar-refractivity contribution in [3.63, 3.8) is 0 Å². The molecular weight excluding hydrogens is 204 g/mol. The molecule has 13 heavy (non-hydrogen) atoms. The summed E-state index contributed by atoms with van der Waals surface area (Å²) in [5, 5.41) is 7.06. The quantitative estimate of drug-likeness (QED) is 0.438. The molecule has 1 heterocycles. The van der Waals surface area contributed by atoms with Gasteiger partial charge in [0.1, 0.15) is 0 Å². The molecule has 6 heteroatoms. The van der Waals surface area contributed by atoms with Gasteiger partial charge in [-0.15, -0.1) is 11.3 Å². The topological polar surface area (TPSA) is 63.3 Å². The first-order chi connectivity index (χ1) is 6.09. The van der Waals surface area contributed by atoms with E-state index in [1.54, 1.807) is 11.3 Å². The summed E-state index contributed by atoms with van der Waals surface area (Å²) in [6, 6.07) is 0. The lowest BCUT2D eigenvalue weighted by molar-refractivity contribution is 1.02. The number of nitrogens with one attached hydrogen (secondary N) is 1. The lowest BCUT2D eigenvalue weighted by Crippen LogP contribution is -2.25. The predicted octanol–water partition coefficient (Wildman–Crippen LogP) is 1.01. The van der Waals surface area contributed by atoms with Gasteiger partial charge in [0.2, 0.25) is 0 Å². The molecule has 0 aliphatic carbocycles. The molecule has 0 saturated heterocycles. The molecule has 1 rings (SSSR count). The molecule has 1 aromatic rings. The molecule has 0 bridgehead atoms. The van der Waals surface area contributed by atoms with Crippen LogP contribution in [0.1, 0.15) is 17.6 Å². The van der Waals surface area contributed by atoms with Crippen LogP contribution in [-0.4, -0.2) is 15.8 Å². The average Bonchev–Trinajstić information content (AvgIpc) is 2.47. The third-order valence-corrected chi connectivity index (χ3v) is 2.19. The zero-order chi connectivity index (χ0) is 9.84. The van der Waals surface area contributed by atoms with E-state index in [1.165, 1.54) is 0 Å². The van der Waals surface area contributed by atoms with Gasteiger partial charge < -0.3 is 5.73 Å². The Morgan fingerprint density at radius 3 is 2.92 bits per heavy atom. The fourth-order valence-corrected chi connectivity index (χ4v) is 1.43. The highest BCUT2D eigenvalue weighted by molar-refractivity contribution is 7.80. The van der Waals surface area contributed by atoms with Crippen LogP contribution in [0.25, 0.3) is 0 Å². The fraction of sp³-hybridized carbons (Fsp3) is 0.286. The van der Waals surface area contributed by atoms with Gasteiger partial charge in [-0.25, -0.2) is 4.98 Å². The van der Waals surface area contributed by atoms with E-state index in [-0.39, 0.29) is 5.11 Å². The van der Waals surface area contributed by atoms with Crippen molar-refractivity contribution in [2.45, 2.75) is 13.8 Å². The van der Waals surface area contributed by atoms with Crippen LogP contribution in [0, 0.1) is 6.92 Å². The van der Waals surface area contributed by atoms with Crippen molar-refractivity contribution in [1.29, 1.82) is 0 Å². The zero-order valence-corrected chi connectivity index (χ0v) is 9.00. The Labute approximate surface area is 85.9 Å². The maximum absolute atomic E-state index is 5.22. The molecular formula is C7H10N4S2. The number of nitrogens with zero attached hydrogens (tertiary/aromatic N) is 2. The van der Waals surface area contributed by atoms with Crippen molar-refractivity contribution in [2.75, 3.05) is 0 Å². The summed E-state index contributed by atoms with van der Waals surface area (Å²) in [5.74, 6) is 0. The number of thiazole rings is 1. The van der Waals surface area contributed by atoms with Crippen molar-refractivity contribution in [1.82, 2.24) is 10.4 Å². The number of hydrogen-bond acceptors (Lipinski definition) is 4. The minimum atomic E-state index is 0.159. The Bertz CT molecular complexity index is 342. The van der Waals surface area contributed by atoms with Crippen molar-refractivity contribution in [2.24, 2.45) is 10.8 Å². The monoisotopic (exact) mass is 214 g/mol. The van der Waals surface area contributed by atoms with Crippen LogP contribution in [0.15, 0.2) is 10.5 Å². The first-order valence-corrected chi connectivity index (χ1v) is 4.90. The van der Waals surface area contributed by atoms with E-state index in [0.29, 0.717) is 0 Å². The van der Waals surface area contributed by atoms with Gasteiger partial charge in [0.15, 0.2) is 5.11 Å². The maximum Gasteiger partial charge on any atom is 0.184 e. The normalized spacial score (nSPS) is 11.4. The van der Waals surface area contributed by atoms with E-state index >= 15 is 0 Å². The lowest BCUT2D eigenvalue weighted by atomic mass is 10.3. The molecule has 1 aromatic heterocycles. The van der Waals surface area contributed by atoms with Gasteiger partial charge in [-0.05, 0) is 26.1 Å². The van der Waals surface area contributed by atoms with Crippen LogP contribution < -0.4 is 11.2 Å². The number of nitrogens with two attached hydrogens (primary N) is 1. The van der Waals surface area contributed by atoms with Gasteiger partial charge in [-0.2, -0.15) is 5.10 Å². The van der Waals surface area contributed by atoms with E-state index in [1.807, 2.05) is 19.2 Å². The lowest BCUT2D eigenvalue weighted by Gasteiger charge is -1.97. The summed E-state index contributed by atoms with van der Waals surface area (Å²) in [4.78, 5) is 4.25. The van der Waals surface area contributed by atoms with E-state index in [0.717, 1.165) is 16.4 Å². The molecule has 0 saturated carbocycles. The third kappa shape index (κ3) is 3.08. The molecule has 0 aliphatic rings. The van der Waals surface area contributed by atoms with Gasteiger partial charge in [0.25, 0.3) is 0 Å². The summed E-state index contributed by atoms with van der Waals surface area (Å²) < 4.78 is 0. The maximum atomic E-state index is 5.22. The predicted molar refractivity (Wildman–Crippen MR) is 59.0 cm³/mol. The molecule has 0 radical (unpaired) electrons. The van der Waals surface area contributed by atoms with Gasteiger partial charge in [-0.3, -0.25) is 5.43 Å². The van der Waals surface area contributed by atoms with Gasteiger partial charge in [-0.1, -0.05) is 0 Å². The van der Waals surface area contributed by atoms with Crippen molar-refractivity contribution < 1.29 is 0 Å². The zero-order valence-electron chi connectivity index (χ0n) is 7.37. The largest absolute Gasteiger partial charge is 0.375 e. The first-order valence-electron chi connectivity index (χ1n) is 3.62. The standard InChI is InChI=1S/C7H10N4S2/c1-4(10-11-7(8)12)6-3-13-5(2)9-6/h3H,1-2H3,(H3,8,11,12)/b10-4+. The van der Waals surface area contributed by atoms with Crippen molar-refractivity contribution >= 4 is 34.4 Å². The smallest absolute Gasteiger partial charge is 0.184 e. The number of aromatic nitrogens is 1. The molecule has 4 nitrogen and oxygen atoms in total. The fourth-order valence-electron chi connectivity index (χ4n) is 0.726. The van der Waals surface area contributed by atoms with Crippen LogP contribution in [-0.2, 0) is 0 Å². The molecule has 0 amide bonds. The van der Waals surface area contributed by atoms with E-state index in [4.69, 9.17) is 5.73 Å². The second-order valence-electron chi connectivity index (χ2n) is 2.43. The second kappa shape index (κ2) is 4.29. The number of thiocarbonyl (C=S) groups is 1. The summed E-state index contributed by atoms with van der Waals surface area (Å²) >= 11 is 6.19. The highest BCUT2D eigenvalue weighted by Crippen LogP contribution is 2.08. The molecule has 70 valence electrons. The van der Waals surface area contributed by atoms with Crippen LogP contribution in [0.2, 0.25) is 0 Å². The Kier molecular flexibility index (Phi) is 3.32. The van der Waals surface area contributed by atoms with Crippen LogP contribution in [0.3, 0.4) is 0 Å². The molecule has 0 atom stereocenters. The van der Waals surface area contributed by atoms with E-state index in [9.17, 15) is 0 Å². The molecule has 0 unspecified atom stereocenters. The Morgan fingerprint density at radius 1 is 1.77 bits per heavy atom. The molecule has 0 spiro atoms. The highest BCUT2D eigenvalue weighted by Gasteiger charge is 2.01. The first kappa shape index (κ1) is 10.1. The molecule has 3 N–H and O–H groups in total. The number of hydrogen-bond donors (Lipinski definition) is 2. The number of aryl methyl sites for hydroxylation is 1. The Balaban J connectivity index is 2.72. The van der Waals surface area contributed by atoms with E-state index in [2.05, 4.69) is 27.7 Å². The molecule has 0 aromatic carbocycles. The summed E-state index contributed by atoms with van der Waals surface area (Å²) in [5.41, 5.74) is 9.36. The van der Waals surface area contributed by atoms with Gasteiger partial charge >= 0.3 is 0 Å². The minimum absolute atomic E-state index is 0.159. The average molecular weight is 214 g/mol. The summed E-state index contributed by atoms with van der Waals surface area (Å²) in [7, 11) is 0. The Morgan fingerprint density at radius 2 is 2.46 bits per heavy atom. The third-order valence-electron chi connectivity index (χ3n) is 1.32. The minimum Gasteiger partial charge on any atom is -0.375 e. The van der Waals surface area contributed by atoms with Crippen molar-refractivity contribution in [3.8, 4) is 0 Å². The number of rotatable bonds is 2. The summed E-state index contributed by atoms with van der Waals surface area (Å²) in [6.07, 6.45) is 0. The highest BCUT2D eigenvalue weighted by atomic mass is 32.1. The molecule has 0 aliphatic heterocycles. The SMILES string of the molecule is C/C(=N\NC(N)=S)c1csc(C)n1. The second-order valence-corrected chi connectivity index (χ2v) is 3.93. The van der Waals surface area contributed by atoms with Crippen LogP contribution >= 0.6 is 23.6 Å². The van der Waals surface area contributed by atoms with Gasteiger partial charge in [0.05, 0.1) is 16.4 Å². The number of hydrazone groups is 1. The van der Waals surface area contributed by atoms with Crippen molar-refractivity contribution in [3.05, 3.63) is 16.1 Å².